The highest BCUT2D eigenvalue weighted by molar-refractivity contribution is 7.97. The Morgan fingerprint density at radius 1 is 1.25 bits per heavy atom. The average molecular weight is 239 g/mol. The predicted octanol–water partition coefficient (Wildman–Crippen LogP) is 1.62. The summed E-state index contributed by atoms with van der Waals surface area (Å²) >= 11 is 0. The lowest BCUT2D eigenvalue weighted by molar-refractivity contribution is -0.131. The van der Waals surface area contributed by atoms with Gasteiger partial charge in [-0.3, -0.25) is 4.79 Å². The van der Waals surface area contributed by atoms with Gasteiger partial charge in [0.25, 0.3) is 0 Å². The highest BCUT2D eigenvalue weighted by Gasteiger charge is 2.24. The zero-order valence-corrected chi connectivity index (χ0v) is 10.1. The highest BCUT2D eigenvalue weighted by Crippen LogP contribution is 2.20. The van der Waals surface area contributed by atoms with Crippen molar-refractivity contribution in [2.45, 2.75) is 11.8 Å². The van der Waals surface area contributed by atoms with E-state index in [0.717, 1.165) is 24.7 Å². The van der Waals surface area contributed by atoms with Gasteiger partial charge in [0.2, 0.25) is 0 Å². The smallest absolute Gasteiger partial charge is 0.308 e. The Hall–Kier alpha value is -1.00. The van der Waals surface area contributed by atoms with E-state index in [4.69, 9.17) is 9.47 Å². The number of esters is 1. The van der Waals surface area contributed by atoms with E-state index < -0.39 is 0 Å². The van der Waals surface area contributed by atoms with Crippen molar-refractivity contribution in [3.63, 3.8) is 0 Å². The third kappa shape index (κ3) is 3.00. The molecule has 1 aromatic carbocycles. The van der Waals surface area contributed by atoms with E-state index in [1.165, 1.54) is 11.8 Å². The van der Waals surface area contributed by atoms with Crippen molar-refractivity contribution in [1.82, 2.24) is 0 Å². The number of benzene rings is 1. The zero-order valence-electron chi connectivity index (χ0n) is 9.27. The molecule has 0 atom stereocenters. The van der Waals surface area contributed by atoms with Gasteiger partial charge in [0, 0.05) is 17.8 Å². The van der Waals surface area contributed by atoms with Crippen LogP contribution in [0.3, 0.4) is 0 Å². The van der Waals surface area contributed by atoms with Crippen molar-refractivity contribution in [2.24, 2.45) is 0 Å². The molecule has 2 rings (SSSR count). The zero-order chi connectivity index (χ0) is 11.4. The van der Waals surface area contributed by atoms with Crippen molar-refractivity contribution < 1.29 is 14.3 Å². The summed E-state index contributed by atoms with van der Waals surface area (Å²) in [5.41, 5.74) is 0. The lowest BCUT2D eigenvalue weighted by Gasteiger charge is -2.14. The quantitative estimate of drug-likeness (QED) is 0.447. The standard InChI is InChI=1S/C12H15O3S/c1-10(13)15-11-2-4-12(5-3-11)16-8-6-14-7-9-16/h2-5H,6-9H2,1H3/q+1. The first-order valence-electron chi connectivity index (χ1n) is 5.29. The molecule has 1 aliphatic heterocycles. The predicted molar refractivity (Wildman–Crippen MR) is 63.9 cm³/mol. The minimum absolute atomic E-state index is 0.277. The first-order valence-corrected chi connectivity index (χ1v) is 6.86. The molecule has 3 nitrogen and oxygen atoms in total. The van der Waals surface area contributed by atoms with Gasteiger partial charge < -0.3 is 9.47 Å². The number of rotatable bonds is 2. The number of ether oxygens (including phenoxy) is 2. The second-order valence-electron chi connectivity index (χ2n) is 3.58. The fourth-order valence-electron chi connectivity index (χ4n) is 1.62. The minimum Gasteiger partial charge on any atom is -0.427 e. The summed E-state index contributed by atoms with van der Waals surface area (Å²) in [6.07, 6.45) is 0. The largest absolute Gasteiger partial charge is 0.427 e. The Balaban J connectivity index is 2.03. The van der Waals surface area contributed by atoms with Crippen molar-refractivity contribution in [3.05, 3.63) is 24.3 Å². The SMILES string of the molecule is CC(=O)Oc1ccc([S+]2CCOCC2)cc1. The van der Waals surface area contributed by atoms with Crippen LogP contribution in [0.4, 0.5) is 0 Å². The second-order valence-corrected chi connectivity index (χ2v) is 5.85. The first-order chi connectivity index (χ1) is 7.75. The summed E-state index contributed by atoms with van der Waals surface area (Å²) in [6, 6.07) is 7.82. The fraction of sp³-hybridized carbons (Fsp3) is 0.417. The molecule has 1 saturated heterocycles. The molecule has 0 N–H and O–H groups in total. The number of carbonyl (C=O) groups is 1. The minimum atomic E-state index is -0.277. The Kier molecular flexibility index (Phi) is 3.85. The maximum Gasteiger partial charge on any atom is 0.308 e. The lowest BCUT2D eigenvalue weighted by atomic mass is 10.3. The molecule has 1 aromatic rings. The summed E-state index contributed by atoms with van der Waals surface area (Å²) in [5.74, 6) is 2.55. The normalized spacial score (nSPS) is 17.1. The van der Waals surface area contributed by atoms with Crippen LogP contribution in [0.15, 0.2) is 29.2 Å². The van der Waals surface area contributed by atoms with Gasteiger partial charge in [-0.05, 0) is 24.3 Å². The molecule has 0 bridgehead atoms. The van der Waals surface area contributed by atoms with Crippen LogP contribution in [0.1, 0.15) is 6.92 Å². The summed E-state index contributed by atoms with van der Waals surface area (Å²) in [7, 11) is 0.306. The summed E-state index contributed by atoms with van der Waals surface area (Å²) in [5, 5.41) is 0. The van der Waals surface area contributed by atoms with Gasteiger partial charge in [-0.1, -0.05) is 0 Å². The summed E-state index contributed by atoms with van der Waals surface area (Å²) in [4.78, 5) is 12.1. The van der Waals surface area contributed by atoms with Crippen molar-refractivity contribution in [3.8, 4) is 5.75 Å². The third-order valence-corrected chi connectivity index (χ3v) is 4.62. The monoisotopic (exact) mass is 239 g/mol. The molecular formula is C12H15O3S+. The van der Waals surface area contributed by atoms with E-state index in [9.17, 15) is 4.79 Å². The van der Waals surface area contributed by atoms with Crippen LogP contribution in [0.2, 0.25) is 0 Å². The van der Waals surface area contributed by atoms with Crippen LogP contribution in [-0.2, 0) is 20.4 Å². The maximum absolute atomic E-state index is 10.8. The van der Waals surface area contributed by atoms with E-state index in [0.29, 0.717) is 16.6 Å². The van der Waals surface area contributed by atoms with Crippen LogP contribution >= 0.6 is 0 Å². The molecule has 0 unspecified atom stereocenters. The third-order valence-electron chi connectivity index (χ3n) is 2.37. The average Bonchev–Trinajstić information content (AvgIpc) is 2.30. The molecule has 86 valence electrons. The number of carbonyl (C=O) groups excluding carboxylic acids is 1. The van der Waals surface area contributed by atoms with Crippen molar-refractivity contribution in [1.29, 1.82) is 0 Å². The van der Waals surface area contributed by atoms with Gasteiger partial charge in [-0.2, -0.15) is 0 Å². The molecule has 1 heterocycles. The first kappa shape index (κ1) is 11.5. The van der Waals surface area contributed by atoms with Gasteiger partial charge in [0.05, 0.1) is 13.2 Å². The topological polar surface area (TPSA) is 35.5 Å². The van der Waals surface area contributed by atoms with E-state index >= 15 is 0 Å². The van der Waals surface area contributed by atoms with E-state index in [1.807, 2.05) is 24.3 Å². The van der Waals surface area contributed by atoms with Gasteiger partial charge in [0.15, 0.2) is 4.90 Å². The van der Waals surface area contributed by atoms with Gasteiger partial charge in [0.1, 0.15) is 17.3 Å². The molecule has 16 heavy (non-hydrogen) atoms. The fourth-order valence-corrected chi connectivity index (χ4v) is 3.46. The maximum atomic E-state index is 10.8. The molecule has 1 aliphatic rings. The summed E-state index contributed by atoms with van der Waals surface area (Å²) in [6.45, 7) is 3.12. The Bertz CT molecular complexity index is 355. The van der Waals surface area contributed by atoms with E-state index in [1.54, 1.807) is 0 Å². The molecule has 0 saturated carbocycles. The Morgan fingerprint density at radius 2 is 1.88 bits per heavy atom. The molecule has 0 aromatic heterocycles. The highest BCUT2D eigenvalue weighted by atomic mass is 32.2. The molecular weight excluding hydrogens is 224 g/mol. The second kappa shape index (κ2) is 5.37. The lowest BCUT2D eigenvalue weighted by Crippen LogP contribution is -2.26. The molecule has 0 spiro atoms. The van der Waals surface area contributed by atoms with Crippen LogP contribution in [0.5, 0.6) is 5.75 Å². The number of hydrogen-bond donors (Lipinski definition) is 0. The van der Waals surface area contributed by atoms with Crippen molar-refractivity contribution >= 4 is 16.9 Å². The Labute approximate surface area is 98.1 Å². The van der Waals surface area contributed by atoms with Crippen LogP contribution in [0, 0.1) is 0 Å². The molecule has 4 heteroatoms. The van der Waals surface area contributed by atoms with E-state index in [-0.39, 0.29) is 5.97 Å². The van der Waals surface area contributed by atoms with Crippen molar-refractivity contribution in [2.75, 3.05) is 24.7 Å². The number of hydrogen-bond acceptors (Lipinski definition) is 3. The van der Waals surface area contributed by atoms with Crippen LogP contribution < -0.4 is 4.74 Å². The Morgan fingerprint density at radius 3 is 2.44 bits per heavy atom. The molecule has 0 radical (unpaired) electrons. The molecule has 0 aliphatic carbocycles. The van der Waals surface area contributed by atoms with Gasteiger partial charge >= 0.3 is 5.97 Å². The van der Waals surface area contributed by atoms with E-state index in [2.05, 4.69) is 0 Å². The molecule has 1 fully saturated rings. The molecule has 0 amide bonds. The van der Waals surface area contributed by atoms with Gasteiger partial charge in [-0.25, -0.2) is 0 Å². The summed E-state index contributed by atoms with van der Waals surface area (Å²) < 4.78 is 10.3. The van der Waals surface area contributed by atoms with Gasteiger partial charge in [-0.15, -0.1) is 0 Å². The van der Waals surface area contributed by atoms with Crippen LogP contribution in [-0.4, -0.2) is 30.7 Å². The van der Waals surface area contributed by atoms with Crippen LogP contribution in [0.25, 0.3) is 0 Å².